The molecule has 3 saturated heterocycles. The molecule has 0 aliphatic carbocycles. The van der Waals surface area contributed by atoms with Gasteiger partial charge in [0.1, 0.15) is 0 Å². The zero-order chi connectivity index (χ0) is 16.6. The molecule has 1 amide bonds. The second kappa shape index (κ2) is 6.18. The molecule has 0 aromatic carbocycles. The Morgan fingerprint density at radius 3 is 2.70 bits per heavy atom. The number of amides is 1. The summed E-state index contributed by atoms with van der Waals surface area (Å²) in [7, 11) is -0.362. The fourth-order valence-corrected chi connectivity index (χ4v) is 4.58. The topological polar surface area (TPSA) is 73.8 Å². The lowest BCUT2D eigenvalue weighted by Crippen LogP contribution is -2.48. The summed E-state index contributed by atoms with van der Waals surface area (Å²) in [6.07, 6.45) is 5.00. The highest BCUT2D eigenvalue weighted by Crippen LogP contribution is 2.30. The first-order valence-electron chi connectivity index (χ1n) is 7.78. The number of fused-ring (bicyclic) bond motifs is 4. The quantitative estimate of drug-likeness (QED) is 0.801. The van der Waals surface area contributed by atoms with E-state index < -0.39 is 10.2 Å². The van der Waals surface area contributed by atoms with E-state index in [1.54, 1.807) is 38.6 Å². The van der Waals surface area contributed by atoms with Crippen molar-refractivity contribution in [1.82, 2.24) is 18.5 Å². The molecule has 1 aromatic heterocycles. The van der Waals surface area contributed by atoms with Crippen LogP contribution in [0.3, 0.4) is 0 Å². The summed E-state index contributed by atoms with van der Waals surface area (Å²) >= 11 is 0. The average Bonchev–Trinajstić information content (AvgIpc) is 2.87. The number of carbonyl (C=O) groups is 1. The molecule has 4 rings (SSSR count). The van der Waals surface area contributed by atoms with Crippen LogP contribution in [0.25, 0.3) is 0 Å². The largest absolute Gasteiger partial charge is 0.334 e. The normalized spacial score (nSPS) is 25.6. The Hall–Kier alpha value is -1.51. The molecule has 3 aliphatic rings. The van der Waals surface area contributed by atoms with Crippen molar-refractivity contribution < 1.29 is 13.2 Å². The van der Waals surface area contributed by atoms with Crippen molar-refractivity contribution in [1.29, 1.82) is 0 Å². The van der Waals surface area contributed by atoms with Crippen molar-refractivity contribution in [3.63, 3.8) is 0 Å². The smallest absolute Gasteiger partial charge is 0.281 e. The molecule has 2 atom stereocenters. The molecule has 2 bridgehead atoms. The summed E-state index contributed by atoms with van der Waals surface area (Å²) in [6, 6.07) is 3.42. The average molecular weight is 338 g/mol. The minimum Gasteiger partial charge on any atom is -0.334 e. The van der Waals surface area contributed by atoms with Gasteiger partial charge in [-0.3, -0.25) is 9.78 Å². The van der Waals surface area contributed by atoms with Crippen LogP contribution in [0.2, 0.25) is 0 Å². The SMILES string of the molecule is CN(C)S(=O)(=O)N1C[C@@H]2CC[C@H](C1)N(C(=O)c1cccnc1)C2. The number of hydrogen-bond donors (Lipinski definition) is 0. The van der Waals surface area contributed by atoms with Gasteiger partial charge in [0.2, 0.25) is 0 Å². The maximum atomic E-state index is 12.7. The standard InChI is InChI=1S/C15H22N4O3S/c1-17(2)23(21,22)18-9-12-5-6-14(11-18)19(10-12)15(20)13-4-3-7-16-8-13/h3-4,7-8,12,14H,5-6,9-11H2,1-2H3/t12-,14+/m0/s1. The first-order valence-corrected chi connectivity index (χ1v) is 9.18. The Bertz CT molecular complexity index is 677. The van der Waals surface area contributed by atoms with Crippen LogP contribution in [0.15, 0.2) is 24.5 Å². The molecule has 23 heavy (non-hydrogen) atoms. The molecule has 3 aliphatic heterocycles. The third kappa shape index (κ3) is 3.11. The molecular formula is C15H22N4O3S. The van der Waals surface area contributed by atoms with Gasteiger partial charge >= 0.3 is 0 Å². The number of nitrogens with zero attached hydrogens (tertiary/aromatic N) is 4. The fraction of sp³-hybridized carbons (Fsp3) is 0.600. The molecule has 8 heteroatoms. The molecule has 0 N–H and O–H groups in total. The van der Waals surface area contributed by atoms with Gasteiger partial charge in [-0.25, -0.2) is 0 Å². The molecule has 0 radical (unpaired) electrons. The van der Waals surface area contributed by atoms with Crippen molar-refractivity contribution in [3.05, 3.63) is 30.1 Å². The predicted molar refractivity (Wildman–Crippen MR) is 86.0 cm³/mol. The molecule has 4 heterocycles. The lowest BCUT2D eigenvalue weighted by atomic mass is 9.94. The zero-order valence-electron chi connectivity index (χ0n) is 13.4. The molecule has 126 valence electrons. The number of carbonyl (C=O) groups excluding carboxylic acids is 1. The van der Waals surface area contributed by atoms with Crippen LogP contribution in [-0.2, 0) is 10.2 Å². The number of piperidine rings is 1. The van der Waals surface area contributed by atoms with E-state index in [2.05, 4.69) is 4.98 Å². The van der Waals surface area contributed by atoms with E-state index in [1.165, 1.54) is 8.61 Å². The molecule has 0 saturated carbocycles. The maximum absolute atomic E-state index is 12.7. The summed E-state index contributed by atoms with van der Waals surface area (Å²) in [5.41, 5.74) is 0.557. The van der Waals surface area contributed by atoms with Crippen molar-refractivity contribution in [2.75, 3.05) is 33.7 Å². The van der Waals surface area contributed by atoms with Crippen molar-refractivity contribution in [2.24, 2.45) is 5.92 Å². The molecular weight excluding hydrogens is 316 g/mol. The molecule has 0 spiro atoms. The van der Waals surface area contributed by atoms with E-state index in [1.807, 2.05) is 4.90 Å². The van der Waals surface area contributed by atoms with Gasteiger partial charge in [0.15, 0.2) is 0 Å². The molecule has 7 nitrogen and oxygen atoms in total. The Balaban J connectivity index is 1.84. The highest BCUT2D eigenvalue weighted by atomic mass is 32.2. The van der Waals surface area contributed by atoms with Crippen LogP contribution in [0.1, 0.15) is 23.2 Å². The summed E-state index contributed by atoms with van der Waals surface area (Å²) < 4.78 is 27.6. The Morgan fingerprint density at radius 2 is 2.04 bits per heavy atom. The summed E-state index contributed by atoms with van der Waals surface area (Å²) in [6.45, 7) is 1.45. The van der Waals surface area contributed by atoms with Gasteiger partial charge in [0, 0.05) is 52.2 Å². The summed E-state index contributed by atoms with van der Waals surface area (Å²) in [5, 5.41) is 0. The van der Waals surface area contributed by atoms with Crippen LogP contribution in [0, 0.1) is 5.92 Å². The minimum absolute atomic E-state index is 0.0584. The van der Waals surface area contributed by atoms with Crippen molar-refractivity contribution in [3.8, 4) is 0 Å². The first-order chi connectivity index (χ1) is 10.9. The highest BCUT2D eigenvalue weighted by Gasteiger charge is 2.41. The van der Waals surface area contributed by atoms with E-state index in [0.717, 1.165) is 12.8 Å². The Morgan fingerprint density at radius 1 is 1.26 bits per heavy atom. The number of hydrogen-bond acceptors (Lipinski definition) is 4. The van der Waals surface area contributed by atoms with Crippen LogP contribution >= 0.6 is 0 Å². The summed E-state index contributed by atoms with van der Waals surface area (Å²) in [5.74, 6) is 0.126. The number of aromatic nitrogens is 1. The van der Waals surface area contributed by atoms with E-state index in [4.69, 9.17) is 0 Å². The predicted octanol–water partition coefficient (Wildman–Crippen LogP) is 0.424. The molecule has 3 fully saturated rings. The van der Waals surface area contributed by atoms with E-state index in [-0.39, 0.29) is 17.9 Å². The van der Waals surface area contributed by atoms with Crippen LogP contribution in [0.4, 0.5) is 0 Å². The van der Waals surface area contributed by atoms with E-state index in [0.29, 0.717) is 25.2 Å². The third-order valence-corrected chi connectivity index (χ3v) is 6.51. The van der Waals surface area contributed by atoms with Crippen LogP contribution in [0.5, 0.6) is 0 Å². The van der Waals surface area contributed by atoms with Gasteiger partial charge in [-0.1, -0.05) is 0 Å². The first kappa shape index (κ1) is 16.4. The summed E-state index contributed by atoms with van der Waals surface area (Å²) in [4.78, 5) is 18.6. The van der Waals surface area contributed by atoms with E-state index >= 15 is 0 Å². The van der Waals surface area contributed by atoms with Gasteiger partial charge in [-0.05, 0) is 30.9 Å². The lowest BCUT2D eigenvalue weighted by Gasteiger charge is -2.36. The second-order valence-corrected chi connectivity index (χ2v) is 8.55. The maximum Gasteiger partial charge on any atom is 0.281 e. The number of rotatable bonds is 3. The van der Waals surface area contributed by atoms with Crippen LogP contribution < -0.4 is 0 Å². The molecule has 1 aromatic rings. The third-order valence-electron chi connectivity index (χ3n) is 4.64. The van der Waals surface area contributed by atoms with Crippen LogP contribution in [-0.4, -0.2) is 72.6 Å². The fourth-order valence-electron chi connectivity index (χ4n) is 3.36. The van der Waals surface area contributed by atoms with Gasteiger partial charge in [-0.2, -0.15) is 17.0 Å². The van der Waals surface area contributed by atoms with Gasteiger partial charge in [0.25, 0.3) is 16.1 Å². The molecule has 0 unspecified atom stereocenters. The van der Waals surface area contributed by atoms with Crippen molar-refractivity contribution in [2.45, 2.75) is 18.9 Å². The number of pyridine rings is 1. The Labute approximate surface area is 137 Å². The van der Waals surface area contributed by atoms with Gasteiger partial charge < -0.3 is 4.90 Å². The zero-order valence-corrected chi connectivity index (χ0v) is 14.2. The monoisotopic (exact) mass is 338 g/mol. The van der Waals surface area contributed by atoms with E-state index in [9.17, 15) is 13.2 Å². The van der Waals surface area contributed by atoms with Gasteiger partial charge in [-0.15, -0.1) is 0 Å². The highest BCUT2D eigenvalue weighted by molar-refractivity contribution is 7.86. The Kier molecular flexibility index (Phi) is 4.39. The van der Waals surface area contributed by atoms with Gasteiger partial charge in [0.05, 0.1) is 5.56 Å². The lowest BCUT2D eigenvalue weighted by molar-refractivity contribution is 0.0588. The minimum atomic E-state index is -3.45. The van der Waals surface area contributed by atoms with Crippen molar-refractivity contribution >= 4 is 16.1 Å². The second-order valence-electron chi connectivity index (χ2n) is 6.40.